The van der Waals surface area contributed by atoms with Crippen LogP contribution >= 0.6 is 11.6 Å². The molecule has 0 aliphatic rings. The molecule has 0 heterocycles. The van der Waals surface area contributed by atoms with Crippen LogP contribution in [0.3, 0.4) is 0 Å². The normalized spacial score (nSPS) is 10.1. The first-order valence-corrected chi connectivity index (χ1v) is 5.66. The van der Waals surface area contributed by atoms with Crippen LogP contribution in [0.15, 0.2) is 36.4 Å². The highest BCUT2D eigenvalue weighted by atomic mass is 35.5. The number of aromatic hydroxyl groups is 1. The smallest absolute Gasteiger partial charge is 0.153 e. The summed E-state index contributed by atoms with van der Waals surface area (Å²) in [4.78, 5) is 10.8. The summed E-state index contributed by atoms with van der Waals surface area (Å²) in [6, 6.07) is 10.0. The van der Waals surface area contributed by atoms with E-state index < -0.39 is 0 Å². The molecule has 0 aliphatic heterocycles. The van der Waals surface area contributed by atoms with E-state index in [9.17, 15) is 9.90 Å². The van der Waals surface area contributed by atoms with E-state index in [1.54, 1.807) is 36.4 Å². The van der Waals surface area contributed by atoms with Gasteiger partial charge in [-0.2, -0.15) is 0 Å². The van der Waals surface area contributed by atoms with Gasteiger partial charge in [0.05, 0.1) is 12.7 Å². The number of methoxy groups -OCH3 is 1. The first kappa shape index (κ1) is 12.5. The first-order chi connectivity index (χ1) is 8.67. The van der Waals surface area contributed by atoms with Crippen LogP contribution in [0, 0.1) is 0 Å². The van der Waals surface area contributed by atoms with Crippen molar-refractivity contribution >= 4 is 17.9 Å². The third kappa shape index (κ3) is 2.17. The number of phenols is 1. The van der Waals surface area contributed by atoms with Gasteiger partial charge in [-0.15, -0.1) is 0 Å². The summed E-state index contributed by atoms with van der Waals surface area (Å²) in [5.74, 6) is 0.505. The second-order valence-electron chi connectivity index (χ2n) is 3.71. The Bertz CT molecular complexity index is 594. The van der Waals surface area contributed by atoms with Crippen molar-refractivity contribution < 1.29 is 14.6 Å². The summed E-state index contributed by atoms with van der Waals surface area (Å²) in [5, 5.41) is 10.6. The fourth-order valence-corrected chi connectivity index (χ4v) is 1.94. The van der Waals surface area contributed by atoms with Crippen LogP contribution < -0.4 is 4.74 Å². The number of hydrogen-bond acceptors (Lipinski definition) is 3. The monoisotopic (exact) mass is 262 g/mol. The van der Waals surface area contributed by atoms with Crippen LogP contribution in [0.25, 0.3) is 11.1 Å². The van der Waals surface area contributed by atoms with Crippen molar-refractivity contribution in [1.82, 2.24) is 0 Å². The highest BCUT2D eigenvalue weighted by molar-refractivity contribution is 6.31. The van der Waals surface area contributed by atoms with Gasteiger partial charge in [0.25, 0.3) is 0 Å². The van der Waals surface area contributed by atoms with Crippen molar-refractivity contribution in [2.24, 2.45) is 0 Å². The molecule has 0 amide bonds. The Kier molecular flexibility index (Phi) is 3.53. The fourth-order valence-electron chi connectivity index (χ4n) is 1.76. The minimum atomic E-state index is -0.0759. The van der Waals surface area contributed by atoms with E-state index in [2.05, 4.69) is 0 Å². The molecule has 2 aromatic rings. The van der Waals surface area contributed by atoms with E-state index >= 15 is 0 Å². The zero-order valence-corrected chi connectivity index (χ0v) is 10.4. The molecule has 0 radical (unpaired) electrons. The molecule has 2 aromatic carbocycles. The summed E-state index contributed by atoms with van der Waals surface area (Å²) >= 11 is 5.94. The van der Waals surface area contributed by atoms with Gasteiger partial charge in [-0.05, 0) is 24.3 Å². The highest BCUT2D eigenvalue weighted by Gasteiger charge is 2.13. The Labute approximate surface area is 110 Å². The summed E-state index contributed by atoms with van der Waals surface area (Å²) in [6.45, 7) is 0. The molecule has 0 atom stereocenters. The SMILES string of the molecule is COc1ccc(Cl)cc1-c1cccc(C=O)c1O. The van der Waals surface area contributed by atoms with Crippen LogP contribution in [-0.4, -0.2) is 18.5 Å². The molecule has 0 saturated heterocycles. The van der Waals surface area contributed by atoms with E-state index in [-0.39, 0.29) is 11.3 Å². The predicted molar refractivity (Wildman–Crippen MR) is 70.5 cm³/mol. The minimum absolute atomic E-state index is 0.0759. The summed E-state index contributed by atoms with van der Waals surface area (Å²) < 4.78 is 5.23. The molecule has 0 spiro atoms. The lowest BCUT2D eigenvalue weighted by atomic mass is 10.0. The van der Waals surface area contributed by atoms with Crippen molar-refractivity contribution in [3.05, 3.63) is 47.0 Å². The Hall–Kier alpha value is -2.00. The minimum Gasteiger partial charge on any atom is -0.507 e. The van der Waals surface area contributed by atoms with Crippen molar-refractivity contribution in [2.45, 2.75) is 0 Å². The average molecular weight is 263 g/mol. The molecule has 3 nitrogen and oxygen atoms in total. The lowest BCUT2D eigenvalue weighted by Crippen LogP contribution is -1.90. The number of rotatable bonds is 3. The molecule has 4 heteroatoms. The Morgan fingerprint density at radius 3 is 2.67 bits per heavy atom. The van der Waals surface area contributed by atoms with Gasteiger partial charge in [-0.3, -0.25) is 4.79 Å². The Balaban J connectivity index is 2.68. The molecule has 2 rings (SSSR count). The number of phenolic OH excluding ortho intramolecular Hbond substituents is 1. The molecule has 92 valence electrons. The standard InChI is InChI=1S/C14H11ClO3/c1-18-13-6-5-10(15)7-12(13)11-4-2-3-9(8-16)14(11)17/h2-8,17H,1H3. The zero-order chi connectivity index (χ0) is 13.1. The molecule has 0 aromatic heterocycles. The number of hydrogen-bond donors (Lipinski definition) is 1. The predicted octanol–water partition coefficient (Wildman–Crippen LogP) is 3.53. The average Bonchev–Trinajstić information content (AvgIpc) is 2.39. The highest BCUT2D eigenvalue weighted by Crippen LogP contribution is 2.38. The maximum Gasteiger partial charge on any atom is 0.153 e. The number of aldehydes is 1. The number of benzene rings is 2. The molecule has 0 fully saturated rings. The second-order valence-corrected chi connectivity index (χ2v) is 4.14. The summed E-state index contributed by atoms with van der Waals surface area (Å²) in [7, 11) is 1.54. The van der Waals surface area contributed by atoms with Gasteiger partial charge in [0.1, 0.15) is 11.5 Å². The van der Waals surface area contributed by atoms with Crippen molar-refractivity contribution in [1.29, 1.82) is 0 Å². The topological polar surface area (TPSA) is 46.5 Å². The summed E-state index contributed by atoms with van der Waals surface area (Å²) in [6.07, 6.45) is 0.607. The fraction of sp³-hybridized carbons (Fsp3) is 0.0714. The molecule has 0 saturated carbocycles. The summed E-state index contributed by atoms with van der Waals surface area (Å²) in [5.41, 5.74) is 1.39. The van der Waals surface area contributed by atoms with Gasteiger partial charge in [0.2, 0.25) is 0 Å². The maximum atomic E-state index is 10.8. The zero-order valence-electron chi connectivity index (χ0n) is 9.68. The lowest BCUT2D eigenvalue weighted by molar-refractivity contribution is 0.112. The molecule has 0 aliphatic carbocycles. The Morgan fingerprint density at radius 2 is 2.00 bits per heavy atom. The number of carbonyl (C=O) groups excluding carboxylic acids is 1. The first-order valence-electron chi connectivity index (χ1n) is 5.28. The molecular formula is C14H11ClO3. The Morgan fingerprint density at radius 1 is 1.22 bits per heavy atom. The van der Waals surface area contributed by atoms with Gasteiger partial charge in [0.15, 0.2) is 6.29 Å². The van der Waals surface area contributed by atoms with E-state index in [4.69, 9.17) is 16.3 Å². The van der Waals surface area contributed by atoms with E-state index in [0.717, 1.165) is 0 Å². The van der Waals surface area contributed by atoms with Crippen LogP contribution in [0.1, 0.15) is 10.4 Å². The van der Waals surface area contributed by atoms with Gasteiger partial charge >= 0.3 is 0 Å². The number of halogens is 1. The molecular weight excluding hydrogens is 252 g/mol. The van der Waals surface area contributed by atoms with E-state index in [0.29, 0.717) is 28.2 Å². The van der Waals surface area contributed by atoms with Crippen LogP contribution in [0.2, 0.25) is 5.02 Å². The number of para-hydroxylation sites is 1. The third-order valence-electron chi connectivity index (χ3n) is 2.65. The largest absolute Gasteiger partial charge is 0.507 e. The molecule has 0 bridgehead atoms. The second kappa shape index (κ2) is 5.10. The van der Waals surface area contributed by atoms with E-state index in [1.165, 1.54) is 7.11 Å². The van der Waals surface area contributed by atoms with Crippen molar-refractivity contribution in [3.63, 3.8) is 0 Å². The number of carbonyl (C=O) groups is 1. The maximum absolute atomic E-state index is 10.8. The van der Waals surface area contributed by atoms with Crippen LogP contribution in [0.5, 0.6) is 11.5 Å². The van der Waals surface area contributed by atoms with Crippen LogP contribution in [-0.2, 0) is 0 Å². The van der Waals surface area contributed by atoms with Gasteiger partial charge in [0, 0.05) is 16.1 Å². The molecule has 18 heavy (non-hydrogen) atoms. The molecule has 0 unspecified atom stereocenters. The third-order valence-corrected chi connectivity index (χ3v) is 2.88. The van der Waals surface area contributed by atoms with Crippen molar-refractivity contribution in [2.75, 3.05) is 7.11 Å². The van der Waals surface area contributed by atoms with Gasteiger partial charge < -0.3 is 9.84 Å². The molecule has 1 N–H and O–H groups in total. The number of ether oxygens (including phenoxy) is 1. The quantitative estimate of drug-likeness (QED) is 0.861. The van der Waals surface area contributed by atoms with Gasteiger partial charge in [-0.1, -0.05) is 23.7 Å². The van der Waals surface area contributed by atoms with E-state index in [1.807, 2.05) is 0 Å². The van der Waals surface area contributed by atoms with Gasteiger partial charge in [-0.25, -0.2) is 0 Å². The van der Waals surface area contributed by atoms with Crippen LogP contribution in [0.4, 0.5) is 0 Å². The van der Waals surface area contributed by atoms with Crippen molar-refractivity contribution in [3.8, 4) is 22.6 Å². The lowest BCUT2D eigenvalue weighted by Gasteiger charge is -2.11.